The summed E-state index contributed by atoms with van der Waals surface area (Å²) in [4.78, 5) is 15.9. The summed E-state index contributed by atoms with van der Waals surface area (Å²) in [5.74, 6) is 0.512. The van der Waals surface area contributed by atoms with E-state index in [0.717, 1.165) is 11.1 Å². The molecule has 0 spiro atoms. The Morgan fingerprint density at radius 1 is 1.14 bits per heavy atom. The van der Waals surface area contributed by atoms with Gasteiger partial charge in [0, 0.05) is 5.56 Å². The van der Waals surface area contributed by atoms with Gasteiger partial charge in [0.2, 0.25) is 0 Å². The van der Waals surface area contributed by atoms with E-state index in [1.165, 1.54) is 14.2 Å². The molecule has 0 saturated carbocycles. The first-order valence-electron chi connectivity index (χ1n) is 6.08. The number of aromatic nitrogens is 1. The van der Waals surface area contributed by atoms with Crippen LogP contribution < -0.4 is 9.47 Å². The highest BCUT2D eigenvalue weighted by Gasteiger charge is 2.14. The van der Waals surface area contributed by atoms with E-state index in [0.29, 0.717) is 21.8 Å². The minimum atomic E-state index is -0.388. The van der Waals surface area contributed by atoms with Crippen molar-refractivity contribution in [3.8, 4) is 22.8 Å². The van der Waals surface area contributed by atoms with Gasteiger partial charge in [0.25, 0.3) is 5.88 Å². The molecule has 0 fully saturated rings. The Morgan fingerprint density at radius 3 is 2.52 bits per heavy atom. The number of hydrogen-bond acceptors (Lipinski definition) is 5. The van der Waals surface area contributed by atoms with Crippen LogP contribution in [0.25, 0.3) is 11.1 Å². The van der Waals surface area contributed by atoms with Crippen LogP contribution in [0.4, 0.5) is 0 Å². The van der Waals surface area contributed by atoms with E-state index in [1.54, 1.807) is 31.4 Å². The molecule has 0 aliphatic rings. The fourth-order valence-electron chi connectivity index (χ4n) is 1.88. The lowest BCUT2D eigenvalue weighted by atomic mass is 10.0. The third-order valence-electron chi connectivity index (χ3n) is 2.92. The number of halogens is 1. The van der Waals surface area contributed by atoms with Crippen LogP contribution in [0.5, 0.6) is 11.6 Å². The Labute approximate surface area is 131 Å². The number of benzene rings is 1. The number of rotatable bonds is 4. The number of methoxy groups -OCH3 is 3. The third kappa shape index (κ3) is 3.16. The number of carbonyl (C=O) groups excluding carboxylic acids is 1. The Kier molecular flexibility index (Phi) is 4.80. The summed E-state index contributed by atoms with van der Waals surface area (Å²) in [5.41, 5.74) is 2.08. The average molecular weight is 352 g/mol. The summed E-state index contributed by atoms with van der Waals surface area (Å²) in [5, 5.41) is 0. The van der Waals surface area contributed by atoms with Crippen molar-refractivity contribution in [3.63, 3.8) is 0 Å². The number of nitrogens with zero attached hydrogens (tertiary/aromatic N) is 1. The van der Waals surface area contributed by atoms with Gasteiger partial charge in [0.1, 0.15) is 4.60 Å². The zero-order chi connectivity index (χ0) is 15.4. The molecule has 1 aromatic heterocycles. The molecule has 5 nitrogen and oxygen atoms in total. The number of carbonyl (C=O) groups is 1. The summed E-state index contributed by atoms with van der Waals surface area (Å²) in [6, 6.07) is 8.88. The van der Waals surface area contributed by atoms with Crippen molar-refractivity contribution in [2.45, 2.75) is 0 Å². The normalized spacial score (nSPS) is 10.1. The number of hydrogen-bond donors (Lipinski definition) is 0. The van der Waals surface area contributed by atoms with E-state index in [9.17, 15) is 4.79 Å². The molecular weight excluding hydrogens is 338 g/mol. The second-order valence-electron chi connectivity index (χ2n) is 4.11. The smallest absolute Gasteiger partial charge is 0.337 e. The van der Waals surface area contributed by atoms with Crippen LogP contribution in [-0.2, 0) is 4.74 Å². The zero-order valence-electron chi connectivity index (χ0n) is 11.8. The Hall–Kier alpha value is -2.08. The Morgan fingerprint density at radius 2 is 1.90 bits per heavy atom. The first-order chi connectivity index (χ1) is 10.1. The van der Waals surface area contributed by atoms with Gasteiger partial charge in [-0.15, -0.1) is 0 Å². The van der Waals surface area contributed by atoms with Gasteiger partial charge in [-0.25, -0.2) is 9.78 Å². The van der Waals surface area contributed by atoms with E-state index in [1.807, 2.05) is 6.07 Å². The van der Waals surface area contributed by atoms with E-state index < -0.39 is 0 Å². The van der Waals surface area contributed by atoms with Crippen molar-refractivity contribution in [2.75, 3.05) is 21.3 Å². The van der Waals surface area contributed by atoms with Crippen LogP contribution in [0, 0.1) is 0 Å². The Balaban J connectivity index is 2.54. The van der Waals surface area contributed by atoms with Gasteiger partial charge in [-0.2, -0.15) is 0 Å². The maximum Gasteiger partial charge on any atom is 0.337 e. The molecule has 110 valence electrons. The minimum absolute atomic E-state index is 0.386. The van der Waals surface area contributed by atoms with E-state index in [-0.39, 0.29) is 5.97 Å². The van der Waals surface area contributed by atoms with Crippen LogP contribution in [0.15, 0.2) is 34.9 Å². The van der Waals surface area contributed by atoms with Gasteiger partial charge in [0.15, 0.2) is 5.75 Å². The highest BCUT2D eigenvalue weighted by atomic mass is 79.9. The summed E-state index contributed by atoms with van der Waals surface area (Å²) < 4.78 is 15.7. The van der Waals surface area contributed by atoms with Crippen LogP contribution in [0.1, 0.15) is 10.4 Å². The largest absolute Gasteiger partial charge is 0.491 e. The lowest BCUT2D eigenvalue weighted by Gasteiger charge is -2.11. The van der Waals surface area contributed by atoms with Gasteiger partial charge in [-0.1, -0.05) is 12.1 Å². The molecule has 0 N–H and O–H groups in total. The van der Waals surface area contributed by atoms with Crippen molar-refractivity contribution < 1.29 is 19.0 Å². The van der Waals surface area contributed by atoms with Gasteiger partial charge in [0.05, 0.1) is 26.9 Å². The molecule has 1 heterocycles. The van der Waals surface area contributed by atoms with Gasteiger partial charge >= 0.3 is 5.97 Å². The number of esters is 1. The molecule has 21 heavy (non-hydrogen) atoms. The predicted molar refractivity (Wildman–Crippen MR) is 81.8 cm³/mol. The third-order valence-corrected chi connectivity index (χ3v) is 3.52. The maximum absolute atomic E-state index is 11.6. The van der Waals surface area contributed by atoms with E-state index in [2.05, 4.69) is 20.9 Å². The highest BCUT2D eigenvalue weighted by Crippen LogP contribution is 2.35. The molecule has 0 aliphatic carbocycles. The molecule has 0 saturated heterocycles. The van der Waals surface area contributed by atoms with Crippen molar-refractivity contribution in [1.29, 1.82) is 0 Å². The molecule has 0 radical (unpaired) electrons. The molecule has 0 atom stereocenters. The summed E-state index contributed by atoms with van der Waals surface area (Å²) in [6.45, 7) is 0. The average Bonchev–Trinajstić information content (AvgIpc) is 2.53. The molecule has 0 aliphatic heterocycles. The molecule has 0 bridgehead atoms. The summed E-state index contributed by atoms with van der Waals surface area (Å²) in [7, 11) is 4.42. The molecule has 0 amide bonds. The summed E-state index contributed by atoms with van der Waals surface area (Å²) in [6.07, 6.45) is 0. The second-order valence-corrected chi connectivity index (χ2v) is 4.86. The summed E-state index contributed by atoms with van der Waals surface area (Å²) >= 11 is 3.40. The first-order valence-corrected chi connectivity index (χ1v) is 6.87. The number of pyridine rings is 1. The molecule has 2 rings (SSSR count). The van der Waals surface area contributed by atoms with Crippen LogP contribution in [-0.4, -0.2) is 32.3 Å². The first kappa shape index (κ1) is 15.3. The van der Waals surface area contributed by atoms with Crippen LogP contribution >= 0.6 is 15.9 Å². The maximum atomic E-state index is 11.6. The van der Waals surface area contributed by atoms with Crippen molar-refractivity contribution in [1.82, 2.24) is 4.98 Å². The van der Waals surface area contributed by atoms with Crippen molar-refractivity contribution in [2.24, 2.45) is 0 Å². The molecule has 6 heteroatoms. The fraction of sp³-hybridized carbons (Fsp3) is 0.200. The minimum Gasteiger partial charge on any atom is -0.491 e. The molecule has 0 unspecified atom stereocenters. The highest BCUT2D eigenvalue weighted by molar-refractivity contribution is 9.10. The van der Waals surface area contributed by atoms with Crippen LogP contribution in [0.3, 0.4) is 0 Å². The topological polar surface area (TPSA) is 57.7 Å². The lowest BCUT2D eigenvalue weighted by molar-refractivity contribution is 0.0601. The van der Waals surface area contributed by atoms with Crippen molar-refractivity contribution in [3.05, 3.63) is 40.5 Å². The van der Waals surface area contributed by atoms with Crippen LogP contribution in [0.2, 0.25) is 0 Å². The quantitative estimate of drug-likeness (QED) is 0.624. The monoisotopic (exact) mass is 351 g/mol. The lowest BCUT2D eigenvalue weighted by Crippen LogP contribution is -2.01. The van der Waals surface area contributed by atoms with Gasteiger partial charge < -0.3 is 14.2 Å². The van der Waals surface area contributed by atoms with Crippen molar-refractivity contribution >= 4 is 21.9 Å². The SMILES string of the molecule is COC(=O)c1cccc(-c2cc(OC)c(OC)nc2Br)c1. The van der Waals surface area contributed by atoms with E-state index >= 15 is 0 Å². The van der Waals surface area contributed by atoms with E-state index in [4.69, 9.17) is 14.2 Å². The predicted octanol–water partition coefficient (Wildman–Crippen LogP) is 3.31. The molecular formula is C15H14BrNO4. The second kappa shape index (κ2) is 6.58. The van der Waals surface area contributed by atoms with Gasteiger partial charge in [-0.05, 0) is 39.7 Å². The number of ether oxygens (including phenoxy) is 3. The fourth-order valence-corrected chi connectivity index (χ4v) is 2.39. The Bertz CT molecular complexity index is 673. The zero-order valence-corrected chi connectivity index (χ0v) is 13.4. The molecule has 2 aromatic rings. The van der Waals surface area contributed by atoms with Gasteiger partial charge in [-0.3, -0.25) is 0 Å². The molecule has 1 aromatic carbocycles. The standard InChI is InChI=1S/C15H14BrNO4/c1-19-12-8-11(13(16)17-14(12)20-2)9-5-4-6-10(7-9)15(18)21-3/h4-8H,1-3H3.